The number of aromatic nitrogens is 4. The molecule has 150 valence electrons. The Bertz CT molecular complexity index is 907. The van der Waals surface area contributed by atoms with E-state index in [1.54, 1.807) is 18.0 Å². The van der Waals surface area contributed by atoms with Gasteiger partial charge in [-0.2, -0.15) is 13.2 Å². The van der Waals surface area contributed by atoms with E-state index in [9.17, 15) is 22.4 Å². The van der Waals surface area contributed by atoms with Gasteiger partial charge in [-0.15, -0.1) is 0 Å². The number of nitrogens with zero attached hydrogens (tertiary/aromatic N) is 5. The predicted molar refractivity (Wildman–Crippen MR) is 92.5 cm³/mol. The molecule has 1 aliphatic rings. The van der Waals surface area contributed by atoms with E-state index in [2.05, 4.69) is 20.8 Å². The van der Waals surface area contributed by atoms with Crippen LogP contribution in [0.3, 0.4) is 0 Å². The maximum atomic E-state index is 13.4. The van der Waals surface area contributed by atoms with Gasteiger partial charge in [0.2, 0.25) is 0 Å². The highest BCUT2D eigenvalue weighted by Gasteiger charge is 2.34. The summed E-state index contributed by atoms with van der Waals surface area (Å²) < 4.78 is 53.4. The van der Waals surface area contributed by atoms with E-state index in [4.69, 9.17) is 0 Å². The molecule has 11 heteroatoms. The van der Waals surface area contributed by atoms with Crippen LogP contribution in [-0.4, -0.2) is 44.2 Å². The molecule has 1 unspecified atom stereocenters. The van der Waals surface area contributed by atoms with Gasteiger partial charge >= 0.3 is 12.2 Å². The predicted octanol–water partition coefficient (Wildman–Crippen LogP) is 3.33. The van der Waals surface area contributed by atoms with Crippen LogP contribution in [0.15, 0.2) is 23.8 Å². The van der Waals surface area contributed by atoms with Gasteiger partial charge in [0.05, 0.1) is 5.56 Å². The average molecular weight is 398 g/mol. The number of halogens is 4. The number of nitrogens with one attached hydrogen (secondary N) is 1. The summed E-state index contributed by atoms with van der Waals surface area (Å²) in [5, 5.41) is 13.4. The summed E-state index contributed by atoms with van der Waals surface area (Å²) in [5.74, 6) is -1.16. The number of benzene rings is 1. The number of anilines is 1. The first kappa shape index (κ1) is 19.8. The third kappa shape index (κ3) is 4.29. The fraction of sp³-hybridized carbons (Fsp3) is 0.412. The zero-order valence-electron chi connectivity index (χ0n) is 15.2. The summed E-state index contributed by atoms with van der Waals surface area (Å²) in [6.07, 6.45) is -2.63. The Labute approximate surface area is 158 Å². The molecule has 28 heavy (non-hydrogen) atoms. The number of rotatable bonds is 2. The average Bonchev–Trinajstić information content (AvgIpc) is 3.02. The SMILES string of the molecule is CC1CN(C(=O)Nc2nnnn2C)CCC1=Cc1ccc(F)c(C(F)(F)F)c1. The summed E-state index contributed by atoms with van der Waals surface area (Å²) in [7, 11) is 1.59. The van der Waals surface area contributed by atoms with E-state index in [1.165, 1.54) is 10.7 Å². The number of hydrogen-bond donors (Lipinski definition) is 1. The highest BCUT2D eigenvalue weighted by atomic mass is 19.4. The summed E-state index contributed by atoms with van der Waals surface area (Å²) in [4.78, 5) is 13.9. The Morgan fingerprint density at radius 3 is 2.71 bits per heavy atom. The van der Waals surface area contributed by atoms with Crippen LogP contribution in [0.4, 0.5) is 28.3 Å². The summed E-state index contributed by atoms with van der Waals surface area (Å²) in [5.41, 5.74) is -0.119. The topological polar surface area (TPSA) is 75.9 Å². The summed E-state index contributed by atoms with van der Waals surface area (Å²) >= 11 is 0. The first-order valence-corrected chi connectivity index (χ1v) is 8.50. The fourth-order valence-electron chi connectivity index (χ4n) is 3.02. The highest BCUT2D eigenvalue weighted by Crippen LogP contribution is 2.33. The molecular weight excluding hydrogens is 380 g/mol. The summed E-state index contributed by atoms with van der Waals surface area (Å²) in [6, 6.07) is 2.57. The minimum Gasteiger partial charge on any atom is -0.324 e. The van der Waals surface area contributed by atoms with E-state index in [0.717, 1.165) is 17.7 Å². The number of likely N-dealkylation sites (tertiary alicyclic amines) is 1. The molecule has 1 N–H and O–H groups in total. The van der Waals surface area contributed by atoms with Crippen molar-refractivity contribution in [3.63, 3.8) is 0 Å². The van der Waals surface area contributed by atoms with E-state index in [0.29, 0.717) is 19.5 Å². The van der Waals surface area contributed by atoms with Gasteiger partial charge in [-0.1, -0.05) is 29.7 Å². The first-order valence-electron chi connectivity index (χ1n) is 8.50. The van der Waals surface area contributed by atoms with E-state index < -0.39 is 17.6 Å². The molecule has 0 spiro atoms. The molecule has 0 saturated carbocycles. The lowest BCUT2D eigenvalue weighted by Gasteiger charge is -2.33. The molecule has 2 amide bonds. The van der Waals surface area contributed by atoms with Crippen molar-refractivity contribution >= 4 is 18.1 Å². The van der Waals surface area contributed by atoms with E-state index >= 15 is 0 Å². The third-order valence-corrected chi connectivity index (χ3v) is 4.57. The van der Waals surface area contributed by atoms with Crippen LogP contribution < -0.4 is 5.32 Å². The second-order valence-electron chi connectivity index (χ2n) is 6.61. The van der Waals surface area contributed by atoms with Crippen molar-refractivity contribution in [2.45, 2.75) is 19.5 Å². The number of amides is 2. The molecule has 3 rings (SSSR count). The van der Waals surface area contributed by atoms with Crippen molar-refractivity contribution in [3.8, 4) is 0 Å². The minimum absolute atomic E-state index is 0.0727. The molecule has 1 saturated heterocycles. The Kier molecular flexibility index (Phi) is 5.34. The van der Waals surface area contributed by atoms with Crippen LogP contribution in [0.25, 0.3) is 6.08 Å². The molecule has 0 radical (unpaired) electrons. The quantitative estimate of drug-likeness (QED) is 0.788. The molecule has 7 nitrogen and oxygen atoms in total. The van der Waals surface area contributed by atoms with Crippen molar-refractivity contribution < 1.29 is 22.4 Å². The van der Waals surface area contributed by atoms with Gasteiger partial charge in [0, 0.05) is 20.1 Å². The second kappa shape index (κ2) is 7.56. The van der Waals surface area contributed by atoms with Gasteiger partial charge < -0.3 is 4.90 Å². The molecule has 1 aromatic heterocycles. The summed E-state index contributed by atoms with van der Waals surface area (Å²) in [6.45, 7) is 2.65. The van der Waals surface area contributed by atoms with Crippen LogP contribution in [0.5, 0.6) is 0 Å². The molecule has 1 fully saturated rings. The highest BCUT2D eigenvalue weighted by molar-refractivity contribution is 5.87. The molecule has 1 aliphatic heterocycles. The molecule has 2 heterocycles. The molecule has 1 aromatic carbocycles. The number of hydrogen-bond acceptors (Lipinski definition) is 4. The molecule has 0 bridgehead atoms. The second-order valence-corrected chi connectivity index (χ2v) is 6.61. The number of aryl methyl sites for hydroxylation is 1. The van der Waals surface area contributed by atoms with Gasteiger partial charge in [-0.25, -0.2) is 13.9 Å². The number of tetrazole rings is 1. The number of urea groups is 1. The molecule has 2 aromatic rings. The maximum Gasteiger partial charge on any atom is 0.419 e. The Balaban J connectivity index is 1.70. The number of alkyl halides is 3. The van der Waals surface area contributed by atoms with Gasteiger partial charge in [-0.05, 0) is 40.5 Å². The van der Waals surface area contributed by atoms with Gasteiger partial charge in [0.25, 0.3) is 5.95 Å². The first-order chi connectivity index (χ1) is 13.1. The minimum atomic E-state index is -4.75. The largest absolute Gasteiger partial charge is 0.419 e. The molecular formula is C17H18F4N6O. The van der Waals surface area contributed by atoms with Gasteiger partial charge in [0.15, 0.2) is 0 Å². The Morgan fingerprint density at radius 1 is 1.36 bits per heavy atom. The third-order valence-electron chi connectivity index (χ3n) is 4.57. The van der Waals surface area contributed by atoms with Crippen LogP contribution in [0, 0.1) is 11.7 Å². The zero-order valence-corrected chi connectivity index (χ0v) is 15.2. The monoisotopic (exact) mass is 398 g/mol. The van der Waals surface area contributed by atoms with Crippen molar-refractivity contribution in [2.75, 3.05) is 18.4 Å². The lowest BCUT2D eigenvalue weighted by Crippen LogP contribution is -2.42. The van der Waals surface area contributed by atoms with Crippen LogP contribution in [0.1, 0.15) is 24.5 Å². The van der Waals surface area contributed by atoms with E-state index in [1.807, 2.05) is 6.92 Å². The smallest absolute Gasteiger partial charge is 0.324 e. The molecule has 0 aliphatic carbocycles. The zero-order chi connectivity index (χ0) is 20.5. The lowest BCUT2D eigenvalue weighted by molar-refractivity contribution is -0.140. The Morgan fingerprint density at radius 2 is 2.11 bits per heavy atom. The van der Waals surface area contributed by atoms with Crippen molar-refractivity contribution in [1.82, 2.24) is 25.1 Å². The maximum absolute atomic E-state index is 13.4. The fourth-order valence-corrected chi connectivity index (χ4v) is 3.02. The normalized spacial score (nSPS) is 19.1. The number of piperidine rings is 1. The van der Waals surface area contributed by atoms with Gasteiger partial charge in [-0.3, -0.25) is 5.32 Å². The van der Waals surface area contributed by atoms with E-state index in [-0.39, 0.29) is 23.5 Å². The Hall–Kier alpha value is -2.98. The lowest BCUT2D eigenvalue weighted by atomic mass is 9.91. The van der Waals surface area contributed by atoms with Gasteiger partial charge in [0.1, 0.15) is 5.82 Å². The van der Waals surface area contributed by atoms with Crippen LogP contribution in [0.2, 0.25) is 0 Å². The van der Waals surface area contributed by atoms with Crippen molar-refractivity contribution in [1.29, 1.82) is 0 Å². The van der Waals surface area contributed by atoms with Crippen molar-refractivity contribution in [3.05, 3.63) is 40.7 Å². The van der Waals surface area contributed by atoms with Crippen molar-refractivity contribution in [2.24, 2.45) is 13.0 Å². The molecule has 1 atom stereocenters. The number of carbonyl (C=O) groups excluding carboxylic acids is 1. The van der Waals surface area contributed by atoms with Crippen LogP contribution >= 0.6 is 0 Å². The number of carbonyl (C=O) groups is 1. The van der Waals surface area contributed by atoms with Crippen LogP contribution in [-0.2, 0) is 13.2 Å². The standard InChI is InChI=1S/C17H18F4N6O/c1-10-9-27(16(28)22-15-23-24-25-26(15)2)6-5-12(10)7-11-3-4-14(18)13(8-11)17(19,20)21/h3-4,7-8,10H,5-6,9H2,1-2H3,(H,22,23,25,28).